The van der Waals surface area contributed by atoms with Crippen molar-refractivity contribution in [3.05, 3.63) is 53.6 Å². The summed E-state index contributed by atoms with van der Waals surface area (Å²) in [5.74, 6) is 0. The largest absolute Gasteiger partial charge is 0.416 e. The number of halogens is 5. The Balaban J connectivity index is 2.45. The SMILES string of the molecule is CC(OC(Br)(Br)c1cnc[nH]1)(c1ccc(C(F)(F)F)cc1)[Si](C)(C)C. The maximum absolute atomic E-state index is 12.9. The van der Waals surface area contributed by atoms with Crippen LogP contribution in [0.3, 0.4) is 0 Å². The number of benzene rings is 1. The number of aromatic amines is 1. The minimum Gasteiger partial charge on any atom is -0.345 e. The first-order chi connectivity index (χ1) is 11.3. The van der Waals surface area contributed by atoms with E-state index < -0.39 is 28.5 Å². The lowest BCUT2D eigenvalue weighted by atomic mass is 10.1. The van der Waals surface area contributed by atoms with Crippen molar-refractivity contribution >= 4 is 39.9 Å². The highest BCUT2D eigenvalue weighted by Gasteiger charge is 2.48. The summed E-state index contributed by atoms with van der Waals surface area (Å²) >= 11 is 7.01. The number of alkyl halides is 5. The lowest BCUT2D eigenvalue weighted by Crippen LogP contribution is -2.51. The minimum absolute atomic E-state index is 0.656. The molecule has 3 nitrogen and oxygen atoms in total. The van der Waals surface area contributed by atoms with Gasteiger partial charge in [-0.3, -0.25) is 0 Å². The molecule has 2 rings (SSSR count). The Labute approximate surface area is 162 Å². The number of H-pyrrole nitrogens is 1. The smallest absolute Gasteiger partial charge is 0.345 e. The van der Waals surface area contributed by atoms with Gasteiger partial charge in [0.1, 0.15) is 0 Å². The molecule has 9 heteroatoms. The van der Waals surface area contributed by atoms with Gasteiger partial charge < -0.3 is 9.72 Å². The minimum atomic E-state index is -4.36. The molecule has 0 saturated carbocycles. The summed E-state index contributed by atoms with van der Waals surface area (Å²) < 4.78 is 43.9. The van der Waals surface area contributed by atoms with Gasteiger partial charge in [-0.2, -0.15) is 13.2 Å². The number of hydrogen-bond donors (Lipinski definition) is 1. The molecule has 0 aliphatic rings. The molecule has 1 heterocycles. The van der Waals surface area contributed by atoms with Crippen molar-refractivity contribution in [1.82, 2.24) is 9.97 Å². The topological polar surface area (TPSA) is 37.9 Å². The summed E-state index contributed by atoms with van der Waals surface area (Å²) in [6.45, 7) is 8.23. The maximum atomic E-state index is 12.9. The van der Waals surface area contributed by atoms with Crippen LogP contribution in [0.2, 0.25) is 19.6 Å². The van der Waals surface area contributed by atoms with Crippen molar-refractivity contribution in [2.24, 2.45) is 0 Å². The fourth-order valence-electron chi connectivity index (χ4n) is 2.35. The molecule has 1 aromatic carbocycles. The second kappa shape index (κ2) is 6.83. The molecule has 1 N–H and O–H groups in total. The van der Waals surface area contributed by atoms with Crippen molar-refractivity contribution in [3.8, 4) is 0 Å². The van der Waals surface area contributed by atoms with Crippen molar-refractivity contribution in [2.45, 2.75) is 41.4 Å². The number of imidazole rings is 1. The molecule has 0 fully saturated rings. The summed E-state index contributed by atoms with van der Waals surface area (Å²) in [6, 6.07) is 5.17. The van der Waals surface area contributed by atoms with E-state index in [1.807, 2.05) is 6.92 Å². The van der Waals surface area contributed by atoms with Gasteiger partial charge in [-0.1, -0.05) is 31.8 Å². The molecule has 0 amide bonds. The highest BCUT2D eigenvalue weighted by Crippen LogP contribution is 2.48. The Morgan fingerprint density at radius 1 is 1.04 bits per heavy atom. The van der Waals surface area contributed by atoms with Gasteiger partial charge in [-0.25, -0.2) is 4.98 Å². The molecule has 0 aliphatic carbocycles. The van der Waals surface area contributed by atoms with E-state index in [4.69, 9.17) is 4.74 Å². The Morgan fingerprint density at radius 3 is 1.96 bits per heavy atom. The van der Waals surface area contributed by atoms with E-state index in [0.717, 1.165) is 12.1 Å². The van der Waals surface area contributed by atoms with Crippen LogP contribution in [-0.4, -0.2) is 18.0 Å². The first-order valence-corrected chi connectivity index (χ1v) is 12.6. The Kier molecular flexibility index (Phi) is 5.64. The molecule has 1 atom stereocenters. The predicted molar refractivity (Wildman–Crippen MR) is 101 cm³/mol. The first-order valence-electron chi connectivity index (χ1n) is 7.52. The summed E-state index contributed by atoms with van der Waals surface area (Å²) in [7, 11) is -2.04. The molecule has 138 valence electrons. The third-order valence-corrected chi connectivity index (χ3v) is 8.77. The van der Waals surface area contributed by atoms with E-state index >= 15 is 0 Å². The van der Waals surface area contributed by atoms with Crippen molar-refractivity contribution < 1.29 is 17.9 Å². The number of nitrogens with one attached hydrogen (secondary N) is 1. The lowest BCUT2D eigenvalue weighted by molar-refractivity contribution is -0.137. The normalized spacial score (nSPS) is 15.9. The van der Waals surface area contributed by atoms with Crippen molar-refractivity contribution in [1.29, 1.82) is 0 Å². The van der Waals surface area contributed by atoms with Gasteiger partial charge in [0.2, 0.25) is 3.42 Å². The van der Waals surface area contributed by atoms with E-state index in [-0.39, 0.29) is 0 Å². The molecule has 0 radical (unpaired) electrons. The molecule has 25 heavy (non-hydrogen) atoms. The predicted octanol–water partition coefficient (Wildman–Crippen LogP) is 6.14. The number of aromatic nitrogens is 2. The van der Waals surface area contributed by atoms with Gasteiger partial charge in [-0.15, -0.1) is 0 Å². The number of hydrogen-bond acceptors (Lipinski definition) is 2. The molecule has 1 aromatic heterocycles. The molecular weight excluding hydrogens is 481 g/mol. The van der Waals surface area contributed by atoms with Gasteiger partial charge in [-0.05, 0) is 56.5 Å². The van der Waals surface area contributed by atoms with Crippen LogP contribution < -0.4 is 0 Å². The second-order valence-corrected chi connectivity index (χ2v) is 15.7. The van der Waals surface area contributed by atoms with Gasteiger partial charge >= 0.3 is 6.18 Å². The van der Waals surface area contributed by atoms with E-state index in [2.05, 4.69) is 61.5 Å². The van der Waals surface area contributed by atoms with Crippen LogP contribution in [0.5, 0.6) is 0 Å². The lowest BCUT2D eigenvalue weighted by Gasteiger charge is -2.44. The van der Waals surface area contributed by atoms with Crippen LogP contribution in [0.15, 0.2) is 36.8 Å². The van der Waals surface area contributed by atoms with Crippen LogP contribution in [0.1, 0.15) is 23.7 Å². The summed E-state index contributed by atoms with van der Waals surface area (Å²) in [4.78, 5) is 6.95. The van der Waals surface area contributed by atoms with Crippen LogP contribution in [-0.2, 0) is 19.6 Å². The monoisotopic (exact) mass is 498 g/mol. The zero-order valence-corrected chi connectivity index (χ0v) is 18.4. The Bertz CT molecular complexity index is 712. The van der Waals surface area contributed by atoms with Crippen molar-refractivity contribution in [2.75, 3.05) is 0 Å². The third-order valence-electron chi connectivity index (χ3n) is 4.34. The number of ether oxygens (including phenoxy) is 1. The third kappa shape index (κ3) is 4.37. The van der Waals surface area contributed by atoms with Gasteiger partial charge in [0.25, 0.3) is 0 Å². The molecule has 0 aliphatic heterocycles. The maximum Gasteiger partial charge on any atom is 0.416 e. The first kappa shape index (κ1) is 20.7. The molecule has 0 saturated heterocycles. The quantitative estimate of drug-likeness (QED) is 0.396. The average Bonchev–Trinajstić information content (AvgIpc) is 3.00. The zero-order valence-electron chi connectivity index (χ0n) is 14.2. The molecule has 0 bridgehead atoms. The van der Waals surface area contributed by atoms with Crippen LogP contribution in [0.4, 0.5) is 13.2 Å². The standard InChI is InChI=1S/C16H19Br2F3N2OSi/c1-14(25(2,3)4,24-15(17,18)13-9-22-10-23-13)11-5-7-12(8-6-11)16(19,20)21/h5-10H,1-4H3,(H,22,23). The van der Waals surface area contributed by atoms with E-state index in [9.17, 15) is 13.2 Å². The molecule has 0 spiro atoms. The van der Waals surface area contributed by atoms with Gasteiger partial charge in [0.05, 0.1) is 37.1 Å². The highest BCUT2D eigenvalue weighted by molar-refractivity contribution is 9.24. The van der Waals surface area contributed by atoms with Crippen LogP contribution in [0.25, 0.3) is 0 Å². The summed E-state index contributed by atoms with van der Waals surface area (Å²) in [5, 5.41) is -0.769. The van der Waals surface area contributed by atoms with E-state index in [0.29, 0.717) is 11.3 Å². The Hall–Kier alpha value is -0.643. The molecular formula is C16H19Br2F3N2OSi. The molecule has 2 aromatic rings. The number of rotatable bonds is 5. The van der Waals surface area contributed by atoms with Crippen LogP contribution >= 0.6 is 31.9 Å². The van der Waals surface area contributed by atoms with Gasteiger partial charge in [0, 0.05) is 0 Å². The van der Waals surface area contributed by atoms with Gasteiger partial charge in [0.15, 0.2) is 0 Å². The molecule has 1 unspecified atom stereocenters. The summed E-state index contributed by atoms with van der Waals surface area (Å²) in [5.41, 5.74) is 0.679. The van der Waals surface area contributed by atoms with E-state index in [1.165, 1.54) is 18.5 Å². The van der Waals surface area contributed by atoms with E-state index in [1.54, 1.807) is 6.20 Å². The highest BCUT2D eigenvalue weighted by atomic mass is 79.9. The second-order valence-electron chi connectivity index (χ2n) is 6.94. The Morgan fingerprint density at radius 2 is 1.56 bits per heavy atom. The van der Waals surface area contributed by atoms with Crippen LogP contribution in [0, 0.1) is 0 Å². The van der Waals surface area contributed by atoms with Crippen molar-refractivity contribution in [3.63, 3.8) is 0 Å². The number of nitrogens with zero attached hydrogens (tertiary/aromatic N) is 1. The zero-order chi connectivity index (χ0) is 19.1. The summed E-state index contributed by atoms with van der Waals surface area (Å²) in [6.07, 6.45) is -1.22. The fraction of sp³-hybridized carbons (Fsp3) is 0.438. The fourth-order valence-corrected chi connectivity index (χ4v) is 5.22. The average molecular weight is 500 g/mol.